The van der Waals surface area contributed by atoms with Crippen molar-refractivity contribution in [3.63, 3.8) is 0 Å². The van der Waals surface area contributed by atoms with E-state index in [2.05, 4.69) is 4.98 Å². The Morgan fingerprint density at radius 2 is 2.44 bits per heavy atom. The number of nitrogen functional groups attached to an aromatic ring is 1. The van der Waals surface area contributed by atoms with E-state index in [0.29, 0.717) is 6.42 Å². The molecule has 1 aromatic heterocycles. The van der Waals surface area contributed by atoms with Crippen molar-refractivity contribution in [2.45, 2.75) is 23.1 Å². The minimum Gasteiger partial charge on any atom is -0.395 e. The molecule has 16 heavy (non-hydrogen) atoms. The first kappa shape index (κ1) is 11.4. The maximum absolute atomic E-state index is 11.5. The van der Waals surface area contributed by atoms with Gasteiger partial charge < -0.3 is 15.9 Å². The third kappa shape index (κ3) is 2.06. The normalized spacial score (nSPS) is 29.5. The van der Waals surface area contributed by atoms with E-state index < -0.39 is 11.8 Å². The SMILES string of the molecule is Nc1ccn([C@H]2C[C@@H](O)[C@H](CO)S2)c(=O)n1. The van der Waals surface area contributed by atoms with Gasteiger partial charge in [-0.2, -0.15) is 4.98 Å². The summed E-state index contributed by atoms with van der Waals surface area (Å²) in [6.07, 6.45) is 1.40. The Labute approximate surface area is 96.1 Å². The highest BCUT2D eigenvalue weighted by Crippen LogP contribution is 2.40. The number of rotatable bonds is 2. The summed E-state index contributed by atoms with van der Waals surface area (Å²) in [4.78, 5) is 15.2. The average Bonchev–Trinajstić information content (AvgIpc) is 2.59. The lowest BCUT2D eigenvalue weighted by atomic mass is 10.2. The fraction of sp³-hybridized carbons (Fsp3) is 0.556. The summed E-state index contributed by atoms with van der Waals surface area (Å²) < 4.78 is 1.43. The van der Waals surface area contributed by atoms with Crippen LogP contribution in [0.3, 0.4) is 0 Å². The molecule has 6 nitrogen and oxygen atoms in total. The minimum absolute atomic E-state index is 0.0977. The first-order valence-corrected chi connectivity index (χ1v) is 5.85. The van der Waals surface area contributed by atoms with Crippen LogP contribution in [0.5, 0.6) is 0 Å². The van der Waals surface area contributed by atoms with E-state index >= 15 is 0 Å². The number of nitrogens with two attached hydrogens (primary N) is 1. The summed E-state index contributed by atoms with van der Waals surface area (Å²) in [6, 6.07) is 1.54. The van der Waals surface area contributed by atoms with Gasteiger partial charge in [0.25, 0.3) is 0 Å². The summed E-state index contributed by atoms with van der Waals surface area (Å²) in [5.41, 5.74) is 4.96. The van der Waals surface area contributed by atoms with Crippen LogP contribution in [-0.2, 0) is 0 Å². The van der Waals surface area contributed by atoms with Gasteiger partial charge in [-0.3, -0.25) is 4.57 Å². The maximum Gasteiger partial charge on any atom is 0.350 e. The molecule has 0 aliphatic carbocycles. The Bertz CT molecular complexity index is 436. The number of anilines is 1. The number of aromatic nitrogens is 2. The molecule has 0 bridgehead atoms. The topological polar surface area (TPSA) is 101 Å². The lowest BCUT2D eigenvalue weighted by Crippen LogP contribution is -2.25. The van der Waals surface area contributed by atoms with Gasteiger partial charge in [-0.25, -0.2) is 4.79 Å². The van der Waals surface area contributed by atoms with Gasteiger partial charge in [-0.15, -0.1) is 11.8 Å². The highest BCUT2D eigenvalue weighted by atomic mass is 32.2. The second kappa shape index (κ2) is 4.44. The van der Waals surface area contributed by atoms with Crippen molar-refractivity contribution in [3.05, 3.63) is 22.7 Å². The van der Waals surface area contributed by atoms with Crippen LogP contribution >= 0.6 is 11.8 Å². The summed E-state index contributed by atoms with van der Waals surface area (Å²) in [5.74, 6) is 0.184. The zero-order valence-electron chi connectivity index (χ0n) is 8.48. The van der Waals surface area contributed by atoms with Crippen molar-refractivity contribution in [1.82, 2.24) is 9.55 Å². The third-order valence-electron chi connectivity index (χ3n) is 2.55. The van der Waals surface area contributed by atoms with E-state index in [1.807, 2.05) is 0 Å². The van der Waals surface area contributed by atoms with Crippen molar-refractivity contribution in [2.75, 3.05) is 12.3 Å². The van der Waals surface area contributed by atoms with Gasteiger partial charge in [-0.1, -0.05) is 0 Å². The van der Waals surface area contributed by atoms with Gasteiger partial charge in [0.15, 0.2) is 0 Å². The Morgan fingerprint density at radius 3 is 3.00 bits per heavy atom. The highest BCUT2D eigenvalue weighted by molar-refractivity contribution is 8.00. The standard InChI is InChI=1S/C9H13N3O3S/c10-7-1-2-12(9(15)11-7)8-3-5(14)6(4-13)16-8/h1-2,5-6,8,13-14H,3-4H2,(H2,10,11,15)/t5-,6+,8-/m1/s1. The summed E-state index contributed by atoms with van der Waals surface area (Å²) in [6.45, 7) is -0.0977. The quantitative estimate of drug-likeness (QED) is 0.627. The Kier molecular flexibility index (Phi) is 3.17. The van der Waals surface area contributed by atoms with E-state index in [4.69, 9.17) is 10.8 Å². The van der Waals surface area contributed by atoms with Crippen LogP contribution in [-0.4, -0.2) is 37.7 Å². The van der Waals surface area contributed by atoms with E-state index in [1.54, 1.807) is 12.3 Å². The van der Waals surface area contributed by atoms with Gasteiger partial charge in [-0.05, 0) is 6.07 Å². The second-order valence-electron chi connectivity index (χ2n) is 3.66. The number of hydrogen-bond donors (Lipinski definition) is 3. The molecule has 0 saturated carbocycles. The molecule has 1 aliphatic heterocycles. The molecule has 2 heterocycles. The van der Waals surface area contributed by atoms with Crippen LogP contribution in [0.4, 0.5) is 5.82 Å². The predicted octanol–water partition coefficient (Wildman–Crippen LogP) is -0.817. The predicted molar refractivity (Wildman–Crippen MR) is 61.0 cm³/mol. The molecular formula is C9H13N3O3S. The van der Waals surface area contributed by atoms with Gasteiger partial charge >= 0.3 is 5.69 Å². The van der Waals surface area contributed by atoms with Crippen molar-refractivity contribution < 1.29 is 10.2 Å². The van der Waals surface area contributed by atoms with Gasteiger partial charge in [0.05, 0.1) is 23.3 Å². The van der Waals surface area contributed by atoms with Crippen LogP contribution in [0.2, 0.25) is 0 Å². The maximum atomic E-state index is 11.5. The van der Waals surface area contributed by atoms with Gasteiger partial charge in [0.2, 0.25) is 0 Å². The van der Waals surface area contributed by atoms with E-state index in [1.165, 1.54) is 16.3 Å². The Hall–Kier alpha value is -1.05. The van der Waals surface area contributed by atoms with E-state index in [-0.39, 0.29) is 23.0 Å². The molecule has 4 N–H and O–H groups in total. The van der Waals surface area contributed by atoms with Crippen LogP contribution < -0.4 is 11.4 Å². The number of nitrogens with zero attached hydrogens (tertiary/aromatic N) is 2. The molecule has 88 valence electrons. The van der Waals surface area contributed by atoms with Crippen LogP contribution in [0.1, 0.15) is 11.8 Å². The number of hydrogen-bond acceptors (Lipinski definition) is 6. The lowest BCUT2D eigenvalue weighted by Gasteiger charge is -2.12. The molecule has 3 atom stereocenters. The Morgan fingerprint density at radius 1 is 1.69 bits per heavy atom. The number of aliphatic hydroxyl groups excluding tert-OH is 2. The summed E-state index contributed by atoms with van der Waals surface area (Å²) in [5, 5.41) is 18.2. The summed E-state index contributed by atoms with van der Waals surface area (Å²) >= 11 is 1.37. The van der Waals surface area contributed by atoms with Crippen LogP contribution in [0.25, 0.3) is 0 Å². The van der Waals surface area contributed by atoms with Crippen molar-refractivity contribution in [2.24, 2.45) is 0 Å². The monoisotopic (exact) mass is 243 g/mol. The summed E-state index contributed by atoms with van der Waals surface area (Å²) in [7, 11) is 0. The van der Waals surface area contributed by atoms with Crippen molar-refractivity contribution in [3.8, 4) is 0 Å². The molecule has 0 unspecified atom stereocenters. The van der Waals surface area contributed by atoms with Gasteiger partial charge in [0.1, 0.15) is 5.82 Å². The fourth-order valence-corrected chi connectivity index (χ4v) is 3.08. The zero-order chi connectivity index (χ0) is 11.7. The number of aliphatic hydroxyl groups is 2. The molecule has 1 fully saturated rings. The molecule has 0 amide bonds. The molecule has 7 heteroatoms. The largest absolute Gasteiger partial charge is 0.395 e. The molecule has 2 rings (SSSR count). The zero-order valence-corrected chi connectivity index (χ0v) is 9.30. The molecule has 0 spiro atoms. The van der Waals surface area contributed by atoms with Gasteiger partial charge in [0, 0.05) is 12.6 Å². The smallest absolute Gasteiger partial charge is 0.350 e. The fourth-order valence-electron chi connectivity index (χ4n) is 1.70. The molecular weight excluding hydrogens is 230 g/mol. The first-order chi connectivity index (χ1) is 7.61. The van der Waals surface area contributed by atoms with Crippen LogP contribution in [0, 0.1) is 0 Å². The molecule has 0 radical (unpaired) electrons. The van der Waals surface area contributed by atoms with E-state index in [9.17, 15) is 9.90 Å². The first-order valence-electron chi connectivity index (χ1n) is 4.91. The molecule has 1 aromatic rings. The molecule has 1 aliphatic rings. The molecule has 0 aromatic carbocycles. The van der Waals surface area contributed by atoms with Crippen molar-refractivity contribution >= 4 is 17.6 Å². The van der Waals surface area contributed by atoms with Crippen LogP contribution in [0.15, 0.2) is 17.1 Å². The molecule has 1 saturated heterocycles. The average molecular weight is 243 g/mol. The lowest BCUT2D eigenvalue weighted by molar-refractivity contribution is 0.137. The number of thioether (sulfide) groups is 1. The van der Waals surface area contributed by atoms with E-state index in [0.717, 1.165) is 0 Å². The minimum atomic E-state index is -0.593. The Balaban J connectivity index is 2.23. The van der Waals surface area contributed by atoms with Crippen molar-refractivity contribution in [1.29, 1.82) is 0 Å². The highest BCUT2D eigenvalue weighted by Gasteiger charge is 2.34. The second-order valence-corrected chi connectivity index (χ2v) is 5.08. The third-order valence-corrected chi connectivity index (χ3v) is 4.09.